The quantitative estimate of drug-likeness (QED) is 0.620. The molecule has 3 aromatic rings. The second-order valence-corrected chi connectivity index (χ2v) is 5.62. The van der Waals surface area contributed by atoms with E-state index in [2.05, 4.69) is 47.9 Å². The summed E-state index contributed by atoms with van der Waals surface area (Å²) >= 11 is 0. The minimum atomic E-state index is 1.11. The van der Waals surface area contributed by atoms with Gasteiger partial charge in [-0.15, -0.1) is 0 Å². The van der Waals surface area contributed by atoms with E-state index in [9.17, 15) is 0 Å². The molecule has 0 saturated heterocycles. The molecule has 0 unspecified atom stereocenters. The van der Waals surface area contributed by atoms with Gasteiger partial charge in [-0.3, -0.25) is 0 Å². The molecular weight excluding hydrogens is 230 g/mol. The van der Waals surface area contributed by atoms with Crippen LogP contribution in [0.4, 0.5) is 0 Å². The zero-order chi connectivity index (χ0) is 12.8. The highest BCUT2D eigenvalue weighted by atomic mass is 15.0. The highest BCUT2D eigenvalue weighted by Crippen LogP contribution is 2.36. The largest absolute Gasteiger partial charge is 0.340 e. The second kappa shape index (κ2) is 4.12. The van der Waals surface area contributed by atoms with E-state index in [1.54, 1.807) is 11.1 Å². The van der Waals surface area contributed by atoms with Gasteiger partial charge in [-0.1, -0.05) is 31.2 Å². The lowest BCUT2D eigenvalue weighted by Gasteiger charge is -2.06. The van der Waals surface area contributed by atoms with Crippen LogP contribution in [-0.4, -0.2) is 4.57 Å². The van der Waals surface area contributed by atoms with Gasteiger partial charge < -0.3 is 4.57 Å². The van der Waals surface area contributed by atoms with E-state index in [0.717, 1.165) is 6.54 Å². The lowest BCUT2D eigenvalue weighted by Crippen LogP contribution is -1.96. The Morgan fingerprint density at radius 1 is 1.00 bits per heavy atom. The Balaban J connectivity index is 2.19. The fraction of sp³-hybridized carbons (Fsp3) is 0.333. The van der Waals surface area contributed by atoms with Gasteiger partial charge in [0.15, 0.2) is 0 Å². The molecule has 19 heavy (non-hydrogen) atoms. The maximum atomic E-state index is 2.50. The number of fused-ring (bicyclic) bond motifs is 5. The van der Waals surface area contributed by atoms with E-state index >= 15 is 0 Å². The van der Waals surface area contributed by atoms with Gasteiger partial charge in [0.25, 0.3) is 0 Å². The van der Waals surface area contributed by atoms with Gasteiger partial charge in [0.2, 0.25) is 0 Å². The molecule has 96 valence electrons. The molecular formula is C18H19N. The highest BCUT2D eigenvalue weighted by Gasteiger charge is 2.18. The van der Waals surface area contributed by atoms with E-state index in [-0.39, 0.29) is 0 Å². The summed E-state index contributed by atoms with van der Waals surface area (Å²) in [5, 5.41) is 2.98. The number of aryl methyl sites for hydroxylation is 3. The third kappa shape index (κ3) is 1.48. The van der Waals surface area contributed by atoms with Crippen molar-refractivity contribution in [1.82, 2.24) is 4.57 Å². The Hall–Kier alpha value is -1.76. The SMILES string of the molecule is CCCn1c2ccccc2c2c3c(ccc21)CCC3. The number of hydrogen-bond donors (Lipinski definition) is 0. The molecule has 1 aliphatic carbocycles. The molecule has 0 atom stereocenters. The zero-order valence-corrected chi connectivity index (χ0v) is 11.4. The maximum absolute atomic E-state index is 2.50. The number of para-hydroxylation sites is 1. The van der Waals surface area contributed by atoms with E-state index in [0.29, 0.717) is 0 Å². The van der Waals surface area contributed by atoms with Crippen molar-refractivity contribution in [3.63, 3.8) is 0 Å². The van der Waals surface area contributed by atoms with Crippen molar-refractivity contribution in [2.45, 2.75) is 39.2 Å². The first-order chi connectivity index (χ1) is 9.40. The summed E-state index contributed by atoms with van der Waals surface area (Å²) in [4.78, 5) is 0. The van der Waals surface area contributed by atoms with Crippen molar-refractivity contribution >= 4 is 21.8 Å². The van der Waals surface area contributed by atoms with Crippen LogP contribution in [0.5, 0.6) is 0 Å². The Labute approximate surface area is 113 Å². The molecule has 0 saturated carbocycles. The van der Waals surface area contributed by atoms with Crippen LogP contribution in [0.1, 0.15) is 30.9 Å². The third-order valence-corrected chi connectivity index (χ3v) is 4.46. The maximum Gasteiger partial charge on any atom is 0.0494 e. The summed E-state index contributed by atoms with van der Waals surface area (Å²) in [6.07, 6.45) is 5.03. The van der Waals surface area contributed by atoms with Gasteiger partial charge in [0, 0.05) is 28.4 Å². The van der Waals surface area contributed by atoms with Crippen LogP contribution in [-0.2, 0) is 19.4 Å². The van der Waals surface area contributed by atoms with Gasteiger partial charge in [-0.05, 0) is 48.9 Å². The Kier molecular flexibility index (Phi) is 2.41. The molecule has 0 radical (unpaired) electrons. The molecule has 1 aliphatic rings. The average molecular weight is 249 g/mol. The van der Waals surface area contributed by atoms with E-state index < -0.39 is 0 Å². The van der Waals surface area contributed by atoms with Crippen molar-refractivity contribution in [1.29, 1.82) is 0 Å². The fourth-order valence-corrected chi connectivity index (χ4v) is 3.69. The number of hydrogen-bond acceptors (Lipinski definition) is 0. The van der Waals surface area contributed by atoms with Crippen LogP contribution in [0, 0.1) is 0 Å². The van der Waals surface area contributed by atoms with Gasteiger partial charge >= 0.3 is 0 Å². The highest BCUT2D eigenvalue weighted by molar-refractivity contribution is 6.10. The minimum Gasteiger partial charge on any atom is -0.340 e. The van der Waals surface area contributed by atoms with Gasteiger partial charge in [0.1, 0.15) is 0 Å². The molecule has 4 rings (SSSR count). The summed E-state index contributed by atoms with van der Waals surface area (Å²) in [5.41, 5.74) is 6.03. The molecule has 1 heteroatoms. The van der Waals surface area contributed by atoms with Crippen molar-refractivity contribution in [2.24, 2.45) is 0 Å². The van der Waals surface area contributed by atoms with Crippen LogP contribution in [0.25, 0.3) is 21.8 Å². The predicted molar refractivity (Wildman–Crippen MR) is 81.8 cm³/mol. The monoisotopic (exact) mass is 249 g/mol. The van der Waals surface area contributed by atoms with E-state index in [4.69, 9.17) is 0 Å². The normalized spacial score (nSPS) is 14.4. The van der Waals surface area contributed by atoms with Crippen LogP contribution >= 0.6 is 0 Å². The molecule has 0 fully saturated rings. The number of aromatic nitrogens is 1. The number of benzene rings is 2. The first kappa shape index (κ1) is 11.1. The van der Waals surface area contributed by atoms with Crippen molar-refractivity contribution in [3.05, 3.63) is 47.5 Å². The van der Waals surface area contributed by atoms with Crippen LogP contribution in [0.3, 0.4) is 0 Å². The fourth-order valence-electron chi connectivity index (χ4n) is 3.69. The van der Waals surface area contributed by atoms with E-state index in [1.165, 1.54) is 47.5 Å². The molecule has 2 aromatic carbocycles. The summed E-state index contributed by atoms with van der Waals surface area (Å²) in [5.74, 6) is 0. The standard InChI is InChI=1S/C18H19N/c1-2-12-19-16-9-4-3-7-15(16)18-14-8-5-6-13(14)10-11-17(18)19/h3-4,7,9-11H,2,5-6,8,12H2,1H3. The molecule has 1 heterocycles. The topological polar surface area (TPSA) is 4.93 Å². The summed E-state index contributed by atoms with van der Waals surface area (Å²) in [6, 6.07) is 13.6. The summed E-state index contributed by atoms with van der Waals surface area (Å²) < 4.78 is 2.50. The van der Waals surface area contributed by atoms with Crippen LogP contribution in [0.15, 0.2) is 36.4 Å². The third-order valence-electron chi connectivity index (χ3n) is 4.46. The first-order valence-electron chi connectivity index (χ1n) is 7.42. The predicted octanol–water partition coefficient (Wildman–Crippen LogP) is 4.69. The first-order valence-corrected chi connectivity index (χ1v) is 7.42. The lowest BCUT2D eigenvalue weighted by molar-refractivity contribution is 0.724. The van der Waals surface area contributed by atoms with Crippen molar-refractivity contribution < 1.29 is 0 Å². The minimum absolute atomic E-state index is 1.11. The lowest BCUT2D eigenvalue weighted by atomic mass is 10.0. The summed E-state index contributed by atoms with van der Waals surface area (Å²) in [6.45, 7) is 3.37. The van der Waals surface area contributed by atoms with Crippen LogP contribution in [0.2, 0.25) is 0 Å². The van der Waals surface area contributed by atoms with Gasteiger partial charge in [-0.25, -0.2) is 0 Å². The van der Waals surface area contributed by atoms with Gasteiger partial charge in [-0.2, -0.15) is 0 Å². The Bertz CT molecular complexity index is 764. The van der Waals surface area contributed by atoms with Gasteiger partial charge in [0.05, 0.1) is 0 Å². The summed E-state index contributed by atoms with van der Waals surface area (Å²) in [7, 11) is 0. The molecule has 1 nitrogen and oxygen atoms in total. The van der Waals surface area contributed by atoms with Crippen LogP contribution < -0.4 is 0 Å². The molecule has 0 N–H and O–H groups in total. The van der Waals surface area contributed by atoms with Crippen molar-refractivity contribution in [2.75, 3.05) is 0 Å². The molecule has 0 spiro atoms. The molecule has 1 aromatic heterocycles. The smallest absolute Gasteiger partial charge is 0.0494 e. The average Bonchev–Trinajstić information content (AvgIpc) is 3.02. The number of nitrogens with zero attached hydrogens (tertiary/aromatic N) is 1. The van der Waals surface area contributed by atoms with Crippen molar-refractivity contribution in [3.8, 4) is 0 Å². The Morgan fingerprint density at radius 2 is 1.89 bits per heavy atom. The molecule has 0 aliphatic heterocycles. The van der Waals surface area contributed by atoms with E-state index in [1.807, 2.05) is 0 Å². The molecule has 0 bridgehead atoms. The number of rotatable bonds is 2. The molecule has 0 amide bonds. The second-order valence-electron chi connectivity index (χ2n) is 5.62. The zero-order valence-electron chi connectivity index (χ0n) is 11.4. The Morgan fingerprint density at radius 3 is 2.79 bits per heavy atom.